The van der Waals surface area contributed by atoms with E-state index in [9.17, 15) is 13.5 Å². The first kappa shape index (κ1) is 17.3. The zero-order valence-electron chi connectivity index (χ0n) is 13.6. The minimum atomic E-state index is -3.66. The molecule has 0 aliphatic carbocycles. The van der Waals surface area contributed by atoms with Crippen molar-refractivity contribution in [3.63, 3.8) is 0 Å². The van der Waals surface area contributed by atoms with Gasteiger partial charge in [0.2, 0.25) is 10.0 Å². The number of furan rings is 1. The molecule has 7 heteroatoms. The Morgan fingerprint density at radius 3 is 2.69 bits per heavy atom. The van der Waals surface area contributed by atoms with Gasteiger partial charge in [-0.05, 0) is 30.3 Å². The molecule has 2 atom stereocenters. The van der Waals surface area contributed by atoms with E-state index in [1.807, 2.05) is 12.1 Å². The molecule has 0 fully saturated rings. The number of aliphatic hydroxyl groups excluding tert-OH is 1. The van der Waals surface area contributed by atoms with E-state index in [1.165, 1.54) is 6.07 Å². The number of aliphatic hydroxyl groups is 1. The van der Waals surface area contributed by atoms with Crippen LogP contribution in [0.25, 0.3) is 11.3 Å². The molecule has 3 aromatic rings. The van der Waals surface area contributed by atoms with Crippen LogP contribution in [-0.2, 0) is 16.4 Å². The van der Waals surface area contributed by atoms with Crippen molar-refractivity contribution in [2.75, 3.05) is 0 Å². The van der Waals surface area contributed by atoms with Crippen LogP contribution in [0.3, 0.4) is 0 Å². The number of benzene rings is 2. The van der Waals surface area contributed by atoms with Crippen LogP contribution >= 0.6 is 11.6 Å². The van der Waals surface area contributed by atoms with Gasteiger partial charge in [0.15, 0.2) is 0 Å². The van der Waals surface area contributed by atoms with E-state index in [0.29, 0.717) is 22.1 Å². The molecule has 0 saturated carbocycles. The molecule has 1 aliphatic rings. The first-order valence-electron chi connectivity index (χ1n) is 8.08. The third-order valence-corrected chi connectivity index (χ3v) is 6.21. The minimum absolute atomic E-state index is 0.114. The highest BCUT2D eigenvalue weighted by atomic mass is 35.5. The monoisotopic (exact) mass is 389 g/mol. The van der Waals surface area contributed by atoms with E-state index in [-0.39, 0.29) is 11.3 Å². The molecule has 0 amide bonds. The van der Waals surface area contributed by atoms with Gasteiger partial charge in [-0.1, -0.05) is 41.9 Å². The fourth-order valence-electron chi connectivity index (χ4n) is 3.17. The van der Waals surface area contributed by atoms with E-state index >= 15 is 0 Å². The smallest absolute Gasteiger partial charge is 0.241 e. The number of fused-ring (bicyclic) bond motifs is 1. The third-order valence-electron chi connectivity index (χ3n) is 4.41. The first-order chi connectivity index (χ1) is 12.4. The van der Waals surface area contributed by atoms with E-state index in [0.717, 1.165) is 5.56 Å². The lowest BCUT2D eigenvalue weighted by atomic mass is 9.99. The standard InChI is InChI=1S/C19H16ClNO4S/c20-13-5-3-4-12(10-13)17-9-8-14(25-17)11-16-19(22)15-6-1-2-7-18(15)26(23,24)21-16/h1-10,16,19,21-22H,11H2. The maximum Gasteiger partial charge on any atom is 0.241 e. The molecule has 0 spiro atoms. The van der Waals surface area contributed by atoms with Crippen molar-refractivity contribution >= 4 is 21.6 Å². The van der Waals surface area contributed by atoms with Crippen molar-refractivity contribution < 1.29 is 17.9 Å². The topological polar surface area (TPSA) is 79.5 Å². The number of rotatable bonds is 3. The maximum atomic E-state index is 12.4. The second-order valence-electron chi connectivity index (χ2n) is 6.19. The second kappa shape index (κ2) is 6.55. The zero-order chi connectivity index (χ0) is 18.3. The normalized spacial score (nSPS) is 21.3. The van der Waals surface area contributed by atoms with Gasteiger partial charge in [-0.25, -0.2) is 13.1 Å². The van der Waals surface area contributed by atoms with Crippen molar-refractivity contribution in [3.8, 4) is 11.3 Å². The van der Waals surface area contributed by atoms with Gasteiger partial charge in [0, 0.05) is 22.6 Å². The Balaban J connectivity index is 1.61. The van der Waals surface area contributed by atoms with Gasteiger partial charge in [0.1, 0.15) is 11.5 Å². The largest absolute Gasteiger partial charge is 0.461 e. The fraction of sp³-hybridized carbons (Fsp3) is 0.158. The summed E-state index contributed by atoms with van der Waals surface area (Å²) >= 11 is 6.00. The molecular weight excluding hydrogens is 374 g/mol. The number of sulfonamides is 1. The van der Waals surface area contributed by atoms with Gasteiger partial charge < -0.3 is 9.52 Å². The van der Waals surface area contributed by atoms with Crippen LogP contribution in [-0.4, -0.2) is 19.6 Å². The first-order valence-corrected chi connectivity index (χ1v) is 9.94. The third kappa shape index (κ3) is 3.17. The highest BCUT2D eigenvalue weighted by Crippen LogP contribution is 2.32. The van der Waals surface area contributed by atoms with Crippen LogP contribution in [0.15, 0.2) is 70.0 Å². The predicted octanol–water partition coefficient (Wildman–Crippen LogP) is 3.54. The fourth-order valence-corrected chi connectivity index (χ4v) is 4.85. The van der Waals surface area contributed by atoms with Gasteiger partial charge >= 0.3 is 0 Å². The summed E-state index contributed by atoms with van der Waals surface area (Å²) in [5, 5.41) is 11.2. The van der Waals surface area contributed by atoms with Crippen molar-refractivity contribution in [1.82, 2.24) is 4.72 Å². The van der Waals surface area contributed by atoms with E-state index in [2.05, 4.69) is 4.72 Å². The molecule has 134 valence electrons. The summed E-state index contributed by atoms with van der Waals surface area (Å²) in [7, 11) is -3.66. The maximum absolute atomic E-state index is 12.4. The lowest BCUT2D eigenvalue weighted by molar-refractivity contribution is 0.129. The van der Waals surface area contributed by atoms with E-state index < -0.39 is 22.2 Å². The van der Waals surface area contributed by atoms with Crippen LogP contribution in [0.2, 0.25) is 5.02 Å². The SMILES string of the molecule is O=S1(=O)NC(Cc2ccc(-c3cccc(Cl)c3)o2)C(O)c2ccccc21. The lowest BCUT2D eigenvalue weighted by Gasteiger charge is -2.30. The van der Waals surface area contributed by atoms with Crippen molar-refractivity contribution in [2.45, 2.75) is 23.5 Å². The Morgan fingerprint density at radius 1 is 1.08 bits per heavy atom. The van der Waals surface area contributed by atoms with Crippen LogP contribution < -0.4 is 4.72 Å². The Morgan fingerprint density at radius 2 is 1.88 bits per heavy atom. The van der Waals surface area contributed by atoms with Gasteiger partial charge in [-0.2, -0.15) is 0 Å². The van der Waals surface area contributed by atoms with Crippen molar-refractivity contribution in [3.05, 3.63) is 77.0 Å². The van der Waals surface area contributed by atoms with Gasteiger partial charge in [-0.15, -0.1) is 0 Å². The summed E-state index contributed by atoms with van der Waals surface area (Å²) < 4.78 is 33.2. The molecule has 4 rings (SSSR count). The van der Waals surface area contributed by atoms with Gasteiger partial charge in [0.25, 0.3) is 0 Å². The van der Waals surface area contributed by atoms with Crippen LogP contribution in [0, 0.1) is 0 Å². The second-order valence-corrected chi connectivity index (χ2v) is 8.31. The Labute approximate surface area is 156 Å². The number of nitrogens with one attached hydrogen (secondary N) is 1. The number of halogens is 1. The average molecular weight is 390 g/mol. The molecule has 0 saturated heterocycles. The highest BCUT2D eigenvalue weighted by Gasteiger charge is 2.36. The molecule has 2 N–H and O–H groups in total. The zero-order valence-corrected chi connectivity index (χ0v) is 15.2. The van der Waals surface area contributed by atoms with Crippen LogP contribution in [0.1, 0.15) is 17.4 Å². The minimum Gasteiger partial charge on any atom is -0.461 e. The van der Waals surface area contributed by atoms with Crippen LogP contribution in [0.5, 0.6) is 0 Å². The number of hydrogen-bond donors (Lipinski definition) is 2. The molecule has 0 radical (unpaired) electrons. The quantitative estimate of drug-likeness (QED) is 0.718. The summed E-state index contributed by atoms with van der Waals surface area (Å²) in [5.41, 5.74) is 1.23. The van der Waals surface area contributed by atoms with Crippen molar-refractivity contribution in [1.29, 1.82) is 0 Å². The molecule has 2 unspecified atom stereocenters. The molecule has 0 bridgehead atoms. The van der Waals surface area contributed by atoms with E-state index in [4.69, 9.17) is 16.0 Å². The van der Waals surface area contributed by atoms with Crippen LogP contribution in [0.4, 0.5) is 0 Å². The van der Waals surface area contributed by atoms with Gasteiger partial charge in [0.05, 0.1) is 17.0 Å². The van der Waals surface area contributed by atoms with Gasteiger partial charge in [-0.3, -0.25) is 0 Å². The molecule has 26 heavy (non-hydrogen) atoms. The highest BCUT2D eigenvalue weighted by molar-refractivity contribution is 7.89. The molecule has 2 aromatic carbocycles. The summed E-state index contributed by atoms with van der Waals surface area (Å²) in [6, 6.07) is 16.6. The molecule has 1 aliphatic heterocycles. The summed E-state index contributed by atoms with van der Waals surface area (Å²) in [5.74, 6) is 1.21. The Bertz CT molecular complexity index is 1060. The molecule has 1 aromatic heterocycles. The summed E-state index contributed by atoms with van der Waals surface area (Å²) in [6.07, 6.45) is -0.718. The average Bonchev–Trinajstić information content (AvgIpc) is 3.08. The predicted molar refractivity (Wildman–Crippen MR) is 98.4 cm³/mol. The lowest BCUT2D eigenvalue weighted by Crippen LogP contribution is -2.45. The number of hydrogen-bond acceptors (Lipinski definition) is 4. The Kier molecular flexibility index (Phi) is 4.36. The van der Waals surface area contributed by atoms with E-state index in [1.54, 1.807) is 42.5 Å². The molecule has 2 heterocycles. The van der Waals surface area contributed by atoms with Crippen molar-refractivity contribution in [2.24, 2.45) is 0 Å². The Hall–Kier alpha value is -2.12. The molecule has 5 nitrogen and oxygen atoms in total. The molecular formula is C19H16ClNO4S. The summed E-state index contributed by atoms with van der Waals surface area (Å²) in [4.78, 5) is 0.114. The summed E-state index contributed by atoms with van der Waals surface area (Å²) in [6.45, 7) is 0.